The van der Waals surface area contributed by atoms with Crippen molar-refractivity contribution in [1.82, 2.24) is 9.97 Å². The van der Waals surface area contributed by atoms with E-state index in [1.165, 1.54) is 12.1 Å². The molecule has 267 valence electrons. The Labute approximate surface area is 291 Å². The molecule has 0 unspecified atom stereocenters. The fourth-order valence-corrected chi connectivity index (χ4v) is 4.78. The van der Waals surface area contributed by atoms with E-state index in [1.807, 2.05) is 20.4 Å². The summed E-state index contributed by atoms with van der Waals surface area (Å²) in [6, 6.07) is 6.47. The molecule has 0 aliphatic carbocycles. The molecule has 0 spiro atoms. The van der Waals surface area contributed by atoms with Crippen LogP contribution in [-0.4, -0.2) is 30.3 Å². The number of aromatic nitrogens is 2. The number of carbonyl (C=O) groups is 3. The number of rotatable bonds is 2. The zero-order chi connectivity index (χ0) is 37.7. The molecular formula is C31H17ClF12N2O3Re. The Balaban J connectivity index is 0.00000169. The molecule has 0 saturated carbocycles. The van der Waals surface area contributed by atoms with E-state index in [9.17, 15) is 52.7 Å². The number of carbonyl (C=O) groups excluding carboxylic acids is 3. The van der Waals surface area contributed by atoms with E-state index in [1.54, 1.807) is 0 Å². The third-order valence-electron chi connectivity index (χ3n) is 6.46. The van der Waals surface area contributed by atoms with Crippen LogP contribution >= 0.6 is 11.6 Å². The monoisotopic (exact) mass is 915 g/mol. The summed E-state index contributed by atoms with van der Waals surface area (Å²) < 4.78 is 162. The van der Waals surface area contributed by atoms with Gasteiger partial charge in [0.25, 0.3) is 0 Å². The van der Waals surface area contributed by atoms with E-state index in [2.05, 4.69) is 9.97 Å². The zero-order valence-electron chi connectivity index (χ0n) is 24.4. The van der Waals surface area contributed by atoms with E-state index in [0.29, 0.717) is 24.3 Å². The minimum Gasteiger partial charge on any atom is -0.307 e. The standard InChI is InChI=1S/C28H11ClF12N2.3CH2O.Re/c29-22-11-21(13-7-16(27(36,37)38)10-17(8-13)28(39,40)41)20-2-1-19-18(3-4-42-23(19)24(20)43-22)12-5-14(25(30,31)32)9-15(6-12)26(33,34)35;3*1-2;/h1-11H;3*1H2;. The molecule has 0 aliphatic heterocycles. The second-order valence-electron chi connectivity index (χ2n) is 9.30. The summed E-state index contributed by atoms with van der Waals surface area (Å²) in [7, 11) is 0. The Morgan fingerprint density at radius 2 is 0.820 bits per heavy atom. The molecule has 0 bridgehead atoms. The van der Waals surface area contributed by atoms with Crippen molar-refractivity contribution in [3.05, 3.63) is 94.3 Å². The maximum Gasteiger partial charge on any atom is 0.416 e. The van der Waals surface area contributed by atoms with Crippen molar-refractivity contribution in [3.8, 4) is 22.3 Å². The first kappa shape index (κ1) is 43.6. The van der Waals surface area contributed by atoms with E-state index < -0.39 is 58.1 Å². The van der Waals surface area contributed by atoms with Gasteiger partial charge in [0.05, 0.1) is 33.3 Å². The number of hydrogen-bond acceptors (Lipinski definition) is 5. The molecule has 0 fully saturated rings. The molecule has 0 N–H and O–H groups in total. The fourth-order valence-electron chi connectivity index (χ4n) is 4.58. The molecule has 3 aromatic carbocycles. The van der Waals surface area contributed by atoms with Gasteiger partial charge in [-0.3, -0.25) is 4.98 Å². The first-order chi connectivity index (χ1) is 22.7. The molecule has 50 heavy (non-hydrogen) atoms. The SMILES string of the molecule is C=O.C=O.C=O.FC(F)(F)c1cc(-c2ccnc3c2ccc2c(-c4cc(C(F)(F)F)cc(C(F)(F)F)c4)cc(Cl)nc23)cc(C(F)(F)F)c1.[Re]. The van der Waals surface area contributed by atoms with Gasteiger partial charge in [-0.2, -0.15) is 52.7 Å². The molecule has 5 nitrogen and oxygen atoms in total. The summed E-state index contributed by atoms with van der Waals surface area (Å²) in [6.45, 7) is 6.00. The molecule has 5 rings (SSSR count). The number of benzene rings is 3. The smallest absolute Gasteiger partial charge is 0.307 e. The average Bonchev–Trinajstić information content (AvgIpc) is 3.04. The molecule has 0 aliphatic rings. The summed E-state index contributed by atoms with van der Waals surface area (Å²) in [5.41, 5.74) is -7.99. The van der Waals surface area contributed by atoms with E-state index in [0.717, 1.165) is 18.3 Å². The predicted octanol–water partition coefficient (Wildman–Crippen LogP) is 10.3. The van der Waals surface area contributed by atoms with Gasteiger partial charge >= 0.3 is 24.7 Å². The molecule has 0 atom stereocenters. The van der Waals surface area contributed by atoms with E-state index in [4.69, 9.17) is 26.0 Å². The van der Waals surface area contributed by atoms with Crippen LogP contribution in [0.1, 0.15) is 22.3 Å². The summed E-state index contributed by atoms with van der Waals surface area (Å²) in [6.07, 6.45) is -19.5. The van der Waals surface area contributed by atoms with Crippen LogP contribution in [0.3, 0.4) is 0 Å². The van der Waals surface area contributed by atoms with Crippen LogP contribution in [0.5, 0.6) is 0 Å². The summed E-state index contributed by atoms with van der Waals surface area (Å²) >= 11 is 6.10. The minimum atomic E-state index is -5.15. The summed E-state index contributed by atoms with van der Waals surface area (Å²) in [5.74, 6) is 0. The maximum absolute atomic E-state index is 13.5. The van der Waals surface area contributed by atoms with Gasteiger partial charge in [-0.1, -0.05) is 23.7 Å². The Kier molecular flexibility index (Phi) is 14.4. The van der Waals surface area contributed by atoms with Crippen molar-refractivity contribution >= 4 is 53.8 Å². The molecule has 19 heteroatoms. The third-order valence-corrected chi connectivity index (χ3v) is 6.65. The second-order valence-corrected chi connectivity index (χ2v) is 9.69. The second kappa shape index (κ2) is 16.5. The first-order valence-electron chi connectivity index (χ1n) is 12.6. The quantitative estimate of drug-likeness (QED) is 0.100. The predicted molar refractivity (Wildman–Crippen MR) is 154 cm³/mol. The minimum absolute atomic E-state index is 0. The molecular weight excluding hydrogens is 898 g/mol. The van der Waals surface area contributed by atoms with Gasteiger partial charge in [0.15, 0.2) is 0 Å². The van der Waals surface area contributed by atoms with Gasteiger partial charge in [0.1, 0.15) is 25.5 Å². The Bertz CT molecular complexity index is 1890. The van der Waals surface area contributed by atoms with Crippen LogP contribution < -0.4 is 0 Å². The van der Waals surface area contributed by atoms with Crippen molar-refractivity contribution in [3.63, 3.8) is 0 Å². The Morgan fingerprint density at radius 1 is 0.480 bits per heavy atom. The number of nitrogens with zero attached hydrogens (tertiary/aromatic N) is 2. The number of halogens is 13. The summed E-state index contributed by atoms with van der Waals surface area (Å²) in [5, 5.41) is -0.427. The van der Waals surface area contributed by atoms with E-state index >= 15 is 0 Å². The third kappa shape index (κ3) is 9.64. The molecule has 0 amide bonds. The average molecular weight is 915 g/mol. The van der Waals surface area contributed by atoms with Crippen LogP contribution in [0.4, 0.5) is 52.7 Å². The van der Waals surface area contributed by atoms with Gasteiger partial charge in [-0.25, -0.2) is 4.98 Å². The molecule has 0 saturated heterocycles. The maximum atomic E-state index is 13.5. The van der Waals surface area contributed by atoms with Gasteiger partial charge in [-0.05, 0) is 70.8 Å². The first-order valence-corrected chi connectivity index (χ1v) is 13.0. The normalized spacial score (nSPS) is 11.6. The van der Waals surface area contributed by atoms with Crippen LogP contribution in [0.2, 0.25) is 5.15 Å². The zero-order valence-corrected chi connectivity index (χ0v) is 27.9. The van der Waals surface area contributed by atoms with Crippen LogP contribution in [0.15, 0.2) is 66.9 Å². The van der Waals surface area contributed by atoms with Crippen molar-refractivity contribution in [2.45, 2.75) is 24.7 Å². The molecule has 2 heterocycles. The van der Waals surface area contributed by atoms with Crippen LogP contribution in [-0.2, 0) is 59.5 Å². The fraction of sp³-hybridized carbons (Fsp3) is 0.129. The van der Waals surface area contributed by atoms with Gasteiger partial charge in [-0.15, -0.1) is 0 Å². The van der Waals surface area contributed by atoms with Gasteiger partial charge in [0.2, 0.25) is 0 Å². The molecule has 2 aromatic heterocycles. The van der Waals surface area contributed by atoms with Gasteiger partial charge in [0, 0.05) is 37.4 Å². The summed E-state index contributed by atoms with van der Waals surface area (Å²) in [4.78, 5) is 32.2. The van der Waals surface area contributed by atoms with Crippen molar-refractivity contribution in [2.24, 2.45) is 0 Å². The van der Waals surface area contributed by atoms with Crippen molar-refractivity contribution < 1.29 is 87.5 Å². The molecule has 5 aromatic rings. The molecule has 1 radical (unpaired) electrons. The Morgan fingerprint density at radius 3 is 1.18 bits per heavy atom. The topological polar surface area (TPSA) is 77.0 Å². The number of hydrogen-bond donors (Lipinski definition) is 0. The number of alkyl halides is 12. The number of pyridine rings is 2. The van der Waals surface area contributed by atoms with Crippen molar-refractivity contribution in [2.75, 3.05) is 0 Å². The largest absolute Gasteiger partial charge is 0.416 e. The van der Waals surface area contributed by atoms with E-state index in [-0.39, 0.29) is 70.6 Å². The number of fused-ring (bicyclic) bond motifs is 3. The van der Waals surface area contributed by atoms with Crippen LogP contribution in [0, 0.1) is 0 Å². The van der Waals surface area contributed by atoms with Gasteiger partial charge < -0.3 is 14.4 Å². The van der Waals surface area contributed by atoms with Crippen molar-refractivity contribution in [1.29, 1.82) is 0 Å². The Hall–Kier alpha value is -4.40. The van der Waals surface area contributed by atoms with Crippen LogP contribution in [0.25, 0.3) is 44.1 Å².